The number of aliphatic hydroxyl groups excluding tert-OH is 1. The average molecular weight is 277 g/mol. The molecule has 6 nitrogen and oxygen atoms in total. The van der Waals surface area contributed by atoms with Crippen LogP contribution in [0.2, 0.25) is 0 Å². The lowest BCUT2D eigenvalue weighted by Crippen LogP contribution is -2.34. The zero-order valence-electron chi connectivity index (χ0n) is 11.3. The second-order valence-corrected chi connectivity index (χ2v) is 4.12. The van der Waals surface area contributed by atoms with E-state index < -0.39 is 11.8 Å². The number of ether oxygens (including phenoxy) is 2. The molecule has 1 aliphatic heterocycles. The van der Waals surface area contributed by atoms with E-state index in [9.17, 15) is 9.59 Å². The fraction of sp³-hybridized carbons (Fsp3) is 0.286. The van der Waals surface area contributed by atoms with Crippen LogP contribution in [0.1, 0.15) is 5.56 Å². The van der Waals surface area contributed by atoms with Crippen LogP contribution in [-0.4, -0.2) is 49.2 Å². The smallest absolute Gasteiger partial charge is 0.296 e. The lowest BCUT2D eigenvalue weighted by atomic mass is 10.1. The minimum absolute atomic E-state index is 0.00591. The summed E-state index contributed by atoms with van der Waals surface area (Å²) >= 11 is 0. The average Bonchev–Trinajstić information content (AvgIpc) is 2.71. The van der Waals surface area contributed by atoms with E-state index in [1.807, 2.05) is 0 Å². The Bertz CT molecular complexity index is 561. The van der Waals surface area contributed by atoms with Crippen molar-refractivity contribution >= 4 is 17.4 Å². The van der Waals surface area contributed by atoms with Crippen LogP contribution in [0.25, 0.3) is 5.57 Å². The van der Waals surface area contributed by atoms with E-state index in [2.05, 4.69) is 0 Å². The summed E-state index contributed by atoms with van der Waals surface area (Å²) in [7, 11) is 2.88. The van der Waals surface area contributed by atoms with Crippen LogP contribution in [-0.2, 0) is 14.3 Å². The van der Waals surface area contributed by atoms with Gasteiger partial charge in [0.05, 0.1) is 32.9 Å². The standard InChI is InChI=1S/C14H15NO5/c1-19-10-5-3-9(4-6-10)11-12(20-2)14(18)15(7-8-16)13(11)17/h3-6,16H,7-8H2,1-2H3. The molecule has 0 fully saturated rings. The highest BCUT2D eigenvalue weighted by Crippen LogP contribution is 2.30. The summed E-state index contributed by atoms with van der Waals surface area (Å²) in [6, 6.07) is 6.76. The number of hydrogen-bond donors (Lipinski definition) is 1. The fourth-order valence-electron chi connectivity index (χ4n) is 2.06. The number of amides is 2. The van der Waals surface area contributed by atoms with Crippen LogP contribution in [0.4, 0.5) is 0 Å². The number of aliphatic hydroxyl groups is 1. The molecule has 1 aliphatic rings. The van der Waals surface area contributed by atoms with Crippen molar-refractivity contribution in [1.29, 1.82) is 0 Å². The minimum atomic E-state index is -0.530. The molecule has 1 N–H and O–H groups in total. The van der Waals surface area contributed by atoms with E-state index in [1.165, 1.54) is 7.11 Å². The topological polar surface area (TPSA) is 76.1 Å². The Morgan fingerprint density at radius 2 is 1.70 bits per heavy atom. The molecule has 1 aromatic carbocycles. The van der Waals surface area contributed by atoms with Gasteiger partial charge in [0, 0.05) is 0 Å². The van der Waals surface area contributed by atoms with Gasteiger partial charge in [0.15, 0.2) is 5.76 Å². The summed E-state index contributed by atoms with van der Waals surface area (Å²) in [5.74, 6) is -0.352. The summed E-state index contributed by atoms with van der Waals surface area (Å²) in [4.78, 5) is 25.3. The maximum Gasteiger partial charge on any atom is 0.296 e. The van der Waals surface area contributed by atoms with E-state index in [-0.39, 0.29) is 24.5 Å². The number of rotatable bonds is 5. The Hall–Kier alpha value is -2.34. The van der Waals surface area contributed by atoms with Crippen molar-refractivity contribution < 1.29 is 24.2 Å². The molecule has 0 radical (unpaired) electrons. The third-order valence-electron chi connectivity index (χ3n) is 3.03. The molecule has 20 heavy (non-hydrogen) atoms. The normalized spacial score (nSPS) is 15.1. The summed E-state index contributed by atoms with van der Waals surface area (Å²) in [5, 5.41) is 8.92. The van der Waals surface area contributed by atoms with Gasteiger partial charge in [-0.15, -0.1) is 0 Å². The van der Waals surface area contributed by atoms with Gasteiger partial charge < -0.3 is 14.6 Å². The number of benzene rings is 1. The Morgan fingerprint density at radius 1 is 1.05 bits per heavy atom. The Labute approximate surface area is 116 Å². The number of imide groups is 1. The number of nitrogens with zero attached hydrogens (tertiary/aromatic N) is 1. The fourth-order valence-corrected chi connectivity index (χ4v) is 2.06. The number of carbonyl (C=O) groups excluding carboxylic acids is 2. The third-order valence-corrected chi connectivity index (χ3v) is 3.03. The molecule has 0 aliphatic carbocycles. The van der Waals surface area contributed by atoms with Gasteiger partial charge in [-0.2, -0.15) is 0 Å². The quantitative estimate of drug-likeness (QED) is 0.789. The van der Waals surface area contributed by atoms with E-state index in [0.717, 1.165) is 4.90 Å². The molecule has 0 bridgehead atoms. The van der Waals surface area contributed by atoms with Crippen molar-refractivity contribution in [3.05, 3.63) is 35.6 Å². The highest BCUT2D eigenvalue weighted by atomic mass is 16.5. The monoisotopic (exact) mass is 277 g/mol. The third kappa shape index (κ3) is 2.25. The Balaban J connectivity index is 2.43. The van der Waals surface area contributed by atoms with Crippen molar-refractivity contribution in [2.45, 2.75) is 0 Å². The van der Waals surface area contributed by atoms with E-state index >= 15 is 0 Å². The summed E-state index contributed by atoms with van der Waals surface area (Å²) < 4.78 is 10.1. The zero-order chi connectivity index (χ0) is 14.7. The summed E-state index contributed by atoms with van der Waals surface area (Å²) in [6.45, 7) is -0.339. The predicted octanol–water partition coefficient (Wildman–Crippen LogP) is 0.414. The SMILES string of the molecule is COC1=C(c2ccc(OC)cc2)C(=O)N(CCO)C1=O. The minimum Gasteiger partial charge on any atom is -0.497 e. The molecule has 6 heteroatoms. The molecular weight excluding hydrogens is 262 g/mol. The van der Waals surface area contributed by atoms with Gasteiger partial charge in [-0.1, -0.05) is 12.1 Å². The molecule has 0 saturated carbocycles. The van der Waals surface area contributed by atoms with Crippen molar-refractivity contribution in [2.75, 3.05) is 27.4 Å². The number of methoxy groups -OCH3 is 2. The van der Waals surface area contributed by atoms with Crippen LogP contribution in [0, 0.1) is 0 Å². The van der Waals surface area contributed by atoms with E-state index in [1.54, 1.807) is 31.4 Å². The lowest BCUT2D eigenvalue weighted by molar-refractivity contribution is -0.138. The summed E-state index contributed by atoms with van der Waals surface area (Å²) in [6.07, 6.45) is 0. The molecule has 2 rings (SSSR count). The number of hydrogen-bond acceptors (Lipinski definition) is 5. The predicted molar refractivity (Wildman–Crippen MR) is 70.7 cm³/mol. The van der Waals surface area contributed by atoms with Crippen molar-refractivity contribution in [2.24, 2.45) is 0 Å². The van der Waals surface area contributed by atoms with Crippen LogP contribution >= 0.6 is 0 Å². The second-order valence-electron chi connectivity index (χ2n) is 4.12. The van der Waals surface area contributed by atoms with Crippen molar-refractivity contribution in [3.63, 3.8) is 0 Å². The summed E-state index contributed by atoms with van der Waals surface area (Å²) in [5.41, 5.74) is 0.773. The maximum atomic E-state index is 12.3. The van der Waals surface area contributed by atoms with Gasteiger partial charge in [-0.05, 0) is 17.7 Å². The highest BCUT2D eigenvalue weighted by molar-refractivity contribution is 6.35. The number of carbonyl (C=O) groups is 2. The molecule has 106 valence electrons. The first-order valence-corrected chi connectivity index (χ1v) is 6.03. The first-order chi connectivity index (χ1) is 9.63. The van der Waals surface area contributed by atoms with Gasteiger partial charge in [-0.25, -0.2) is 0 Å². The molecule has 0 spiro atoms. The van der Waals surface area contributed by atoms with Crippen LogP contribution in [0.15, 0.2) is 30.0 Å². The zero-order valence-corrected chi connectivity index (χ0v) is 11.3. The number of β-amino-alcohol motifs (C(OH)–C–C–N with tert-alkyl or cyclic N) is 1. The molecule has 0 aromatic heterocycles. The molecule has 1 heterocycles. The Morgan fingerprint density at radius 3 is 2.20 bits per heavy atom. The lowest BCUT2D eigenvalue weighted by Gasteiger charge is -2.12. The molecule has 0 atom stereocenters. The maximum absolute atomic E-state index is 12.3. The largest absolute Gasteiger partial charge is 0.497 e. The highest BCUT2D eigenvalue weighted by Gasteiger charge is 2.39. The van der Waals surface area contributed by atoms with Crippen molar-refractivity contribution in [3.8, 4) is 5.75 Å². The molecule has 2 amide bonds. The molecule has 1 aromatic rings. The van der Waals surface area contributed by atoms with Crippen LogP contribution in [0.5, 0.6) is 5.75 Å². The van der Waals surface area contributed by atoms with Crippen LogP contribution < -0.4 is 4.74 Å². The second kappa shape index (κ2) is 5.75. The van der Waals surface area contributed by atoms with E-state index in [0.29, 0.717) is 11.3 Å². The first kappa shape index (κ1) is 14.1. The molecular formula is C14H15NO5. The van der Waals surface area contributed by atoms with Gasteiger partial charge in [0.2, 0.25) is 0 Å². The van der Waals surface area contributed by atoms with E-state index in [4.69, 9.17) is 14.6 Å². The molecule has 0 saturated heterocycles. The van der Waals surface area contributed by atoms with Gasteiger partial charge in [-0.3, -0.25) is 14.5 Å². The Kier molecular flexibility index (Phi) is 4.05. The van der Waals surface area contributed by atoms with Crippen molar-refractivity contribution in [1.82, 2.24) is 4.90 Å². The van der Waals surface area contributed by atoms with Gasteiger partial charge >= 0.3 is 0 Å². The van der Waals surface area contributed by atoms with Gasteiger partial charge in [0.25, 0.3) is 11.8 Å². The molecule has 0 unspecified atom stereocenters. The van der Waals surface area contributed by atoms with Crippen LogP contribution in [0.3, 0.4) is 0 Å². The van der Waals surface area contributed by atoms with Gasteiger partial charge in [0.1, 0.15) is 5.75 Å². The first-order valence-electron chi connectivity index (χ1n) is 6.03.